The fourth-order valence-corrected chi connectivity index (χ4v) is 2.91. The Labute approximate surface area is 149 Å². The number of pyridine rings is 2. The van der Waals surface area contributed by atoms with E-state index in [1.165, 1.54) is 21.9 Å². The lowest BCUT2D eigenvalue weighted by Crippen LogP contribution is -2.38. The van der Waals surface area contributed by atoms with E-state index in [4.69, 9.17) is 9.97 Å². The van der Waals surface area contributed by atoms with Gasteiger partial charge in [0.05, 0.1) is 11.4 Å². The first-order valence-corrected chi connectivity index (χ1v) is 9.22. The Hall–Kier alpha value is -1.44. The van der Waals surface area contributed by atoms with Crippen molar-refractivity contribution in [2.24, 2.45) is 0 Å². The normalized spacial score (nSPS) is 10.5. The summed E-state index contributed by atoms with van der Waals surface area (Å²) in [6.07, 6.45) is 4.04. The van der Waals surface area contributed by atoms with Crippen molar-refractivity contribution in [3.63, 3.8) is 0 Å². The van der Waals surface area contributed by atoms with Crippen LogP contribution in [0.3, 0.4) is 0 Å². The lowest BCUT2D eigenvalue weighted by atomic mass is 9.43. The summed E-state index contributed by atoms with van der Waals surface area (Å²) in [7, 11) is 0. The topological polar surface area (TPSA) is 25.8 Å². The smallest absolute Gasteiger partial charge is 0.172 e. The molecule has 0 saturated heterocycles. The Morgan fingerprint density at radius 3 is 1.12 bits per heavy atom. The van der Waals surface area contributed by atoms with E-state index < -0.39 is 0 Å². The van der Waals surface area contributed by atoms with Crippen molar-refractivity contribution in [3.05, 3.63) is 24.5 Å². The summed E-state index contributed by atoms with van der Waals surface area (Å²) in [6.45, 7) is 19.7. The Bertz CT molecular complexity index is 651. The van der Waals surface area contributed by atoms with Crippen LogP contribution in [-0.4, -0.2) is 36.8 Å². The van der Waals surface area contributed by atoms with Crippen molar-refractivity contribution in [1.82, 2.24) is 9.97 Å². The van der Waals surface area contributed by atoms with E-state index in [1.54, 1.807) is 0 Å². The highest BCUT2D eigenvalue weighted by molar-refractivity contribution is 6.76. The Morgan fingerprint density at radius 1 is 0.542 bits per heavy atom. The molecule has 0 bridgehead atoms. The molecule has 0 amide bonds. The summed E-state index contributed by atoms with van der Waals surface area (Å²) in [4.78, 5) is 9.69. The van der Waals surface area contributed by atoms with Crippen LogP contribution in [0.25, 0.3) is 11.4 Å². The molecule has 2 nitrogen and oxygen atoms in total. The van der Waals surface area contributed by atoms with Gasteiger partial charge in [0.2, 0.25) is 0 Å². The van der Waals surface area contributed by atoms with Crippen molar-refractivity contribution >= 4 is 48.7 Å². The Kier molecular flexibility index (Phi) is 6.01. The highest BCUT2D eigenvalue weighted by Crippen LogP contribution is 2.11. The van der Waals surface area contributed by atoms with Gasteiger partial charge in [0.15, 0.2) is 26.9 Å². The fraction of sp³-hybridized carbons (Fsp3) is 0.444. The van der Waals surface area contributed by atoms with E-state index in [1.807, 2.05) is 12.4 Å². The number of aromatic nitrogens is 2. The average molecular weight is 316 g/mol. The van der Waals surface area contributed by atoms with E-state index in [0.29, 0.717) is 26.9 Å². The van der Waals surface area contributed by atoms with Gasteiger partial charge in [-0.3, -0.25) is 9.97 Å². The van der Waals surface area contributed by atoms with Crippen molar-refractivity contribution in [2.75, 3.05) is 0 Å². The highest BCUT2D eigenvalue weighted by Gasteiger charge is 2.21. The van der Waals surface area contributed by atoms with Crippen molar-refractivity contribution in [2.45, 2.75) is 54.6 Å². The molecule has 0 aliphatic rings. The van der Waals surface area contributed by atoms with E-state index >= 15 is 0 Å². The predicted molar refractivity (Wildman–Crippen MR) is 116 cm³/mol. The third-order valence-electron chi connectivity index (χ3n) is 4.68. The van der Waals surface area contributed by atoms with Crippen LogP contribution in [0.5, 0.6) is 0 Å². The van der Waals surface area contributed by atoms with Gasteiger partial charge in [0.1, 0.15) is 0 Å². The van der Waals surface area contributed by atoms with Gasteiger partial charge in [-0.25, -0.2) is 0 Å². The van der Waals surface area contributed by atoms with E-state index in [-0.39, 0.29) is 0 Å². The average Bonchev–Trinajstić information content (AvgIpc) is 2.53. The molecule has 2 rings (SSSR count). The van der Waals surface area contributed by atoms with Crippen LogP contribution in [0, 0.1) is 0 Å². The number of hydrogen-bond acceptors (Lipinski definition) is 2. The summed E-state index contributed by atoms with van der Waals surface area (Å²) in [5.41, 5.74) is 7.29. The lowest BCUT2D eigenvalue weighted by Gasteiger charge is -2.18. The van der Waals surface area contributed by atoms with Gasteiger partial charge in [-0.05, 0) is 0 Å². The summed E-state index contributed by atoms with van der Waals surface area (Å²) < 4.78 is 0. The summed E-state index contributed by atoms with van der Waals surface area (Å²) in [5.74, 6) is 0. The van der Waals surface area contributed by atoms with E-state index in [9.17, 15) is 0 Å². The van der Waals surface area contributed by atoms with E-state index in [2.05, 4.69) is 66.7 Å². The Morgan fingerprint density at radius 2 is 0.875 bits per heavy atom. The first kappa shape index (κ1) is 18.9. The van der Waals surface area contributed by atoms with Gasteiger partial charge in [-0.1, -0.05) is 88.6 Å². The third-order valence-corrected chi connectivity index (χ3v) is 4.68. The zero-order valence-electron chi connectivity index (χ0n) is 16.5. The number of rotatable bonds is 5. The number of hydrogen-bond donors (Lipinski definition) is 0. The molecule has 24 heavy (non-hydrogen) atoms. The molecule has 2 aromatic rings. The molecule has 0 atom stereocenters. The summed E-state index contributed by atoms with van der Waals surface area (Å²) >= 11 is 0. The molecular weight excluding hydrogens is 287 g/mol. The maximum absolute atomic E-state index is 4.85. The van der Waals surface area contributed by atoms with Crippen LogP contribution in [-0.2, 0) is 0 Å². The highest BCUT2D eigenvalue weighted by atomic mass is 14.8. The molecule has 2 aromatic heterocycles. The molecule has 0 aliphatic heterocycles. The molecule has 0 aliphatic carbocycles. The van der Waals surface area contributed by atoms with Crippen LogP contribution < -0.4 is 21.9 Å². The third kappa shape index (κ3) is 3.96. The largest absolute Gasteiger partial charge is 0.256 e. The van der Waals surface area contributed by atoms with Gasteiger partial charge in [-0.2, -0.15) is 0 Å². The second-order valence-corrected chi connectivity index (χ2v) is 8.03. The van der Waals surface area contributed by atoms with Crippen LogP contribution >= 0.6 is 0 Å². The minimum atomic E-state index is 0.429. The number of nitrogens with zero attached hydrogens (tertiary/aromatic N) is 2. The maximum atomic E-state index is 4.85. The molecule has 0 saturated carbocycles. The maximum Gasteiger partial charge on any atom is 0.172 e. The Balaban J connectivity index is 2.67. The molecule has 0 spiro atoms. The quantitative estimate of drug-likeness (QED) is 0.789. The summed E-state index contributed by atoms with van der Waals surface area (Å²) in [6, 6.07) is 4.64. The van der Waals surface area contributed by atoms with Crippen molar-refractivity contribution < 1.29 is 0 Å². The second kappa shape index (κ2) is 7.63. The second-order valence-electron chi connectivity index (χ2n) is 8.03. The van der Waals surface area contributed by atoms with Crippen LogP contribution in [0.1, 0.15) is 0 Å². The van der Waals surface area contributed by atoms with Gasteiger partial charge in [-0.15, -0.1) is 0 Å². The predicted octanol–water partition coefficient (Wildman–Crippen LogP) is 1.99. The molecular formula is C18H28B4N2. The minimum absolute atomic E-state index is 0.429. The summed E-state index contributed by atoms with van der Waals surface area (Å²) in [5, 5.41) is 0. The van der Waals surface area contributed by atoms with Crippen molar-refractivity contribution in [1.29, 1.82) is 0 Å². The minimum Gasteiger partial charge on any atom is -0.256 e. The lowest BCUT2D eigenvalue weighted by molar-refractivity contribution is 1.28. The fourth-order valence-electron chi connectivity index (χ4n) is 2.91. The zero-order valence-corrected chi connectivity index (χ0v) is 16.5. The van der Waals surface area contributed by atoms with Crippen LogP contribution in [0.4, 0.5) is 0 Å². The molecule has 6 heteroatoms. The molecule has 0 N–H and O–H groups in total. The zero-order chi connectivity index (χ0) is 18.0. The SMILES string of the molecule is CB(C)c1cnc(-c2ncc(B(C)C)cc2B(C)C)c(B(C)C)c1. The first-order valence-electron chi connectivity index (χ1n) is 9.22. The molecule has 0 unspecified atom stereocenters. The standard InChI is InChI=1S/C18H28B4N2/c1-19(2)13-9-15(21(5)6)17(23-11-13)18-16(22(7)8)10-14(12-24-18)20(3)4/h9-12H,1-8H3. The molecule has 0 radical (unpaired) electrons. The molecule has 122 valence electrons. The molecule has 0 aromatic carbocycles. The van der Waals surface area contributed by atoms with E-state index in [0.717, 1.165) is 11.4 Å². The van der Waals surface area contributed by atoms with Crippen molar-refractivity contribution in [3.8, 4) is 11.4 Å². The first-order chi connectivity index (χ1) is 11.2. The molecule has 0 fully saturated rings. The van der Waals surface area contributed by atoms with Gasteiger partial charge in [0.25, 0.3) is 0 Å². The van der Waals surface area contributed by atoms with Crippen LogP contribution in [0.2, 0.25) is 54.6 Å². The van der Waals surface area contributed by atoms with Crippen LogP contribution in [0.15, 0.2) is 24.5 Å². The van der Waals surface area contributed by atoms with Gasteiger partial charge in [0, 0.05) is 12.4 Å². The van der Waals surface area contributed by atoms with Gasteiger partial charge >= 0.3 is 0 Å². The van der Waals surface area contributed by atoms with Gasteiger partial charge < -0.3 is 0 Å². The molecule has 2 heterocycles. The monoisotopic (exact) mass is 316 g/mol.